The van der Waals surface area contributed by atoms with Crippen molar-refractivity contribution in [2.24, 2.45) is 0 Å². The van der Waals surface area contributed by atoms with Crippen molar-refractivity contribution in [3.63, 3.8) is 0 Å². The molecule has 6 rings (SSSR count). The van der Waals surface area contributed by atoms with Gasteiger partial charge < -0.3 is 54.5 Å². The molecule has 4 aliphatic rings. The standard InChI is InChI=1S/C34H36N2O17/c1-10-18(32(45)51-5)25(41)21-14(22(10)36(47)48)8-17(38)34(52-6)30(44)20-13(29(43)33(21,34)46)7-12-19(24(20)40)16(37)9-15(23(12)39)35-31-28(50-4)26(42)27(49-3)11(2)53-31/h7,9,11,17,26-28,31,35,38,40-42,46-48H,8H2,1-6H3/t11-,17+,26+,27-,28+,31-,33-,34+/m0/s1. The topological polar surface area (TPSA) is 288 Å². The Balaban J connectivity index is 1.56. The van der Waals surface area contributed by atoms with Gasteiger partial charge in [0.05, 0.1) is 36.1 Å². The molecule has 0 radical (unpaired) electrons. The highest BCUT2D eigenvalue weighted by Crippen LogP contribution is 2.58. The van der Waals surface area contributed by atoms with Crippen LogP contribution >= 0.6 is 0 Å². The molecule has 2 aromatic rings. The summed E-state index contributed by atoms with van der Waals surface area (Å²) in [4.78, 5) is 69.7. The van der Waals surface area contributed by atoms with Gasteiger partial charge in [0.2, 0.25) is 17.3 Å². The second-order valence-corrected chi connectivity index (χ2v) is 13.0. The van der Waals surface area contributed by atoms with Gasteiger partial charge >= 0.3 is 5.97 Å². The van der Waals surface area contributed by atoms with E-state index < -0.39 is 151 Å². The lowest BCUT2D eigenvalue weighted by Gasteiger charge is -2.53. The number of rotatable bonds is 7. The van der Waals surface area contributed by atoms with Crippen LogP contribution in [0.25, 0.3) is 0 Å². The number of aliphatic hydroxyl groups excluding tert-OH is 2. The van der Waals surface area contributed by atoms with Gasteiger partial charge in [-0.1, -0.05) is 0 Å². The van der Waals surface area contributed by atoms with Crippen LogP contribution in [0.5, 0.6) is 11.5 Å². The summed E-state index contributed by atoms with van der Waals surface area (Å²) in [5.41, 5.74) is -13.4. The van der Waals surface area contributed by atoms with E-state index in [1.807, 2.05) is 0 Å². The lowest BCUT2D eigenvalue weighted by molar-refractivity contribution is -0.236. The lowest BCUT2D eigenvalue weighted by atomic mass is 9.56. The van der Waals surface area contributed by atoms with E-state index in [0.29, 0.717) is 0 Å². The van der Waals surface area contributed by atoms with Crippen molar-refractivity contribution in [2.75, 3.05) is 33.7 Å². The van der Waals surface area contributed by atoms with Crippen LogP contribution in [0, 0.1) is 6.92 Å². The molecule has 1 fully saturated rings. The SMILES string of the molecule is COC(=O)c1c(C)c(N(O)O)c2c(c1O)[C@]1(O)C(=O)c3cc4c(c(O)c3C(=O)[C@]1(OC)[C@H](O)C2)C(=O)C=C(N[C@H]1O[C@@H](C)[C@H](OC)[C@@H](O)[C@H]1OC)C4=O. The highest BCUT2D eigenvalue weighted by molar-refractivity contribution is 6.31. The van der Waals surface area contributed by atoms with Gasteiger partial charge in [0.25, 0.3) is 0 Å². The summed E-state index contributed by atoms with van der Waals surface area (Å²) in [6, 6.07) is 0.753. The summed E-state index contributed by atoms with van der Waals surface area (Å²) in [5.74, 6) is -8.66. The number of allylic oxidation sites excluding steroid dienone is 2. The third-order valence-corrected chi connectivity index (χ3v) is 10.6. The number of methoxy groups -OCH3 is 4. The number of Topliss-reactive ketones (excluding diaryl/α,β-unsaturated/α-hetero) is 3. The summed E-state index contributed by atoms with van der Waals surface area (Å²) in [5, 5.41) is 80.6. The van der Waals surface area contributed by atoms with Gasteiger partial charge in [0.15, 0.2) is 23.2 Å². The number of fused-ring (bicyclic) bond motifs is 5. The number of anilines is 1. The molecule has 0 aromatic heterocycles. The smallest absolute Gasteiger partial charge is 0.342 e. The Bertz CT molecular complexity index is 2030. The van der Waals surface area contributed by atoms with Gasteiger partial charge in [0.1, 0.15) is 41.1 Å². The number of esters is 1. The van der Waals surface area contributed by atoms with Crippen LogP contribution in [0.3, 0.4) is 0 Å². The molecule has 1 heterocycles. The van der Waals surface area contributed by atoms with Crippen LogP contribution in [0.15, 0.2) is 17.8 Å². The fraction of sp³-hybridized carbons (Fsp3) is 0.441. The van der Waals surface area contributed by atoms with Crippen molar-refractivity contribution in [3.05, 3.63) is 62.3 Å². The van der Waals surface area contributed by atoms with Crippen LogP contribution in [-0.2, 0) is 35.7 Å². The van der Waals surface area contributed by atoms with Crippen molar-refractivity contribution in [1.29, 1.82) is 0 Å². The van der Waals surface area contributed by atoms with Crippen molar-refractivity contribution in [1.82, 2.24) is 5.32 Å². The maximum atomic E-state index is 14.7. The Morgan fingerprint density at radius 2 is 1.60 bits per heavy atom. The highest BCUT2D eigenvalue weighted by atomic mass is 16.8. The van der Waals surface area contributed by atoms with Gasteiger partial charge in [-0.25, -0.2) is 4.79 Å². The molecule has 1 saturated heterocycles. The highest BCUT2D eigenvalue weighted by Gasteiger charge is 2.73. The molecule has 1 aliphatic heterocycles. The number of nitrogens with one attached hydrogen (secondary N) is 1. The first-order chi connectivity index (χ1) is 24.9. The molecule has 8 N–H and O–H groups in total. The molecule has 8 atom stereocenters. The van der Waals surface area contributed by atoms with Crippen molar-refractivity contribution in [2.45, 2.75) is 68.2 Å². The third kappa shape index (κ3) is 4.83. The van der Waals surface area contributed by atoms with Gasteiger partial charge in [-0.05, 0) is 31.0 Å². The van der Waals surface area contributed by atoms with Crippen LogP contribution in [-0.4, -0.2) is 136 Å². The van der Waals surface area contributed by atoms with Crippen LogP contribution in [0.2, 0.25) is 0 Å². The zero-order valence-corrected chi connectivity index (χ0v) is 29.0. The Morgan fingerprint density at radius 1 is 0.962 bits per heavy atom. The number of hydrogen-bond donors (Lipinski definition) is 8. The minimum Gasteiger partial charge on any atom is -0.507 e. The number of hydrogen-bond acceptors (Lipinski definition) is 19. The number of carbonyl (C=O) groups is 5. The van der Waals surface area contributed by atoms with Crippen LogP contribution in [0.4, 0.5) is 5.69 Å². The minimum absolute atomic E-state index is 0.325. The molecule has 53 heavy (non-hydrogen) atoms. The zero-order valence-electron chi connectivity index (χ0n) is 29.0. The molecule has 0 bridgehead atoms. The van der Waals surface area contributed by atoms with Gasteiger partial charge in [-0.2, -0.15) is 0 Å². The Labute approximate surface area is 299 Å². The number of phenols is 2. The lowest BCUT2D eigenvalue weighted by Crippen LogP contribution is -2.73. The molecule has 0 unspecified atom stereocenters. The number of carbonyl (C=O) groups excluding carboxylic acids is 5. The van der Waals surface area contributed by atoms with E-state index in [9.17, 15) is 59.9 Å². The van der Waals surface area contributed by atoms with E-state index in [0.717, 1.165) is 33.3 Å². The van der Waals surface area contributed by atoms with E-state index in [1.165, 1.54) is 14.2 Å². The summed E-state index contributed by atoms with van der Waals surface area (Å²) in [6.45, 7) is 2.75. The van der Waals surface area contributed by atoms with Crippen LogP contribution in [0.1, 0.15) is 75.4 Å². The number of aromatic hydroxyl groups is 2. The zero-order chi connectivity index (χ0) is 39.2. The first-order valence-electron chi connectivity index (χ1n) is 16.0. The first kappa shape index (κ1) is 37.9. The Morgan fingerprint density at radius 3 is 2.17 bits per heavy atom. The summed E-state index contributed by atoms with van der Waals surface area (Å²) >= 11 is 0. The molecular weight excluding hydrogens is 708 g/mol. The maximum absolute atomic E-state index is 14.7. The average Bonchev–Trinajstić information content (AvgIpc) is 3.09. The third-order valence-electron chi connectivity index (χ3n) is 10.6. The van der Waals surface area contributed by atoms with Gasteiger partial charge in [-0.15, -0.1) is 5.23 Å². The van der Waals surface area contributed by atoms with Gasteiger partial charge in [-0.3, -0.25) is 29.6 Å². The van der Waals surface area contributed by atoms with Crippen molar-refractivity contribution >= 4 is 34.8 Å². The summed E-state index contributed by atoms with van der Waals surface area (Å²) in [6.07, 6.45) is -7.42. The molecule has 19 nitrogen and oxygen atoms in total. The Kier molecular flexibility index (Phi) is 9.25. The number of ether oxygens (including phenoxy) is 5. The summed E-state index contributed by atoms with van der Waals surface area (Å²) in [7, 11) is 4.36. The maximum Gasteiger partial charge on any atom is 0.342 e. The molecule has 284 valence electrons. The normalized spacial score (nSPS) is 30.5. The van der Waals surface area contributed by atoms with E-state index in [-0.39, 0.29) is 5.56 Å². The van der Waals surface area contributed by atoms with E-state index >= 15 is 0 Å². The van der Waals surface area contributed by atoms with Crippen LogP contribution < -0.4 is 10.5 Å². The molecule has 2 aromatic carbocycles. The predicted molar refractivity (Wildman–Crippen MR) is 172 cm³/mol. The first-order valence-corrected chi connectivity index (χ1v) is 16.0. The predicted octanol–water partition coefficient (Wildman–Crippen LogP) is -0.665. The molecular formula is C34H36N2O17. The molecule has 3 aliphatic carbocycles. The number of aliphatic hydroxyl groups is 3. The number of benzene rings is 2. The number of ketones is 4. The number of nitrogens with zero attached hydrogens (tertiary/aromatic N) is 1. The molecule has 0 amide bonds. The van der Waals surface area contributed by atoms with Crippen molar-refractivity contribution in [3.8, 4) is 11.5 Å². The van der Waals surface area contributed by atoms with Gasteiger partial charge in [0, 0.05) is 50.5 Å². The fourth-order valence-electron chi connectivity index (χ4n) is 8.16. The molecule has 19 heteroatoms. The second kappa shape index (κ2) is 12.9. The molecule has 0 saturated carbocycles. The molecule has 0 spiro atoms. The fourth-order valence-corrected chi connectivity index (χ4v) is 8.16. The monoisotopic (exact) mass is 744 g/mol. The van der Waals surface area contributed by atoms with E-state index in [1.54, 1.807) is 6.92 Å². The summed E-state index contributed by atoms with van der Waals surface area (Å²) < 4.78 is 26.7. The van der Waals surface area contributed by atoms with Crippen molar-refractivity contribution < 1.29 is 83.6 Å². The Hall–Kier alpha value is -4.83. The largest absolute Gasteiger partial charge is 0.507 e. The second-order valence-electron chi connectivity index (χ2n) is 13.0. The van der Waals surface area contributed by atoms with E-state index in [4.69, 9.17) is 23.7 Å². The average molecular weight is 745 g/mol. The van der Waals surface area contributed by atoms with E-state index in [2.05, 4.69) is 5.32 Å². The number of phenolic OH excluding ortho intramolecular Hbond substituents is 2. The minimum atomic E-state index is -3.50. The quantitative estimate of drug-likeness (QED) is 0.129.